The highest BCUT2D eigenvalue weighted by Crippen LogP contribution is 2.32. The quantitative estimate of drug-likeness (QED) is 0.519. The topological polar surface area (TPSA) is 23.6 Å². The molecule has 0 spiro atoms. The summed E-state index contributed by atoms with van der Waals surface area (Å²) in [5.74, 6) is 0.670. The third kappa shape index (κ3) is 4.70. The normalized spacial score (nSPS) is 14.8. The molecule has 28 heavy (non-hydrogen) atoms. The Morgan fingerprint density at radius 2 is 1.79 bits per heavy atom. The molecule has 1 aliphatic rings. The fraction of sp³-hybridized carbons (Fsp3) is 0.286. The van der Waals surface area contributed by atoms with E-state index in [1.165, 1.54) is 12.1 Å². The molecule has 1 amide bonds. The summed E-state index contributed by atoms with van der Waals surface area (Å²) in [5, 5.41) is 0. The maximum absolute atomic E-state index is 12.9. The number of alkyl halides is 3. The number of benzene rings is 2. The van der Waals surface area contributed by atoms with Gasteiger partial charge in [-0.25, -0.2) is 0 Å². The zero-order valence-corrected chi connectivity index (χ0v) is 16.1. The highest BCUT2D eigenvalue weighted by Gasteiger charge is 2.31. The highest BCUT2D eigenvalue weighted by molar-refractivity contribution is 7.99. The van der Waals surface area contributed by atoms with Crippen molar-refractivity contribution in [3.8, 4) is 0 Å². The number of thioether (sulfide) groups is 1. The molecule has 0 unspecified atom stereocenters. The van der Waals surface area contributed by atoms with Gasteiger partial charge in [-0.05, 0) is 30.3 Å². The summed E-state index contributed by atoms with van der Waals surface area (Å²) in [4.78, 5) is 17.5. The Balaban J connectivity index is 1.68. The van der Waals surface area contributed by atoms with E-state index in [0.29, 0.717) is 43.2 Å². The molecule has 3 rings (SSSR count). The summed E-state index contributed by atoms with van der Waals surface area (Å²) in [6, 6.07) is 12.8. The molecule has 7 heteroatoms. The molecule has 0 saturated carbocycles. The lowest BCUT2D eigenvalue weighted by Gasteiger charge is -2.36. The Kier molecular flexibility index (Phi) is 6.34. The van der Waals surface area contributed by atoms with E-state index in [4.69, 9.17) is 0 Å². The van der Waals surface area contributed by atoms with Crippen molar-refractivity contribution in [2.75, 3.05) is 36.8 Å². The molecule has 3 nitrogen and oxygen atoms in total. The molecule has 0 N–H and O–H groups in total. The Labute approximate surface area is 166 Å². The first kappa shape index (κ1) is 20.3. The van der Waals surface area contributed by atoms with Crippen LogP contribution in [-0.2, 0) is 6.18 Å². The zero-order chi connectivity index (χ0) is 20.1. The summed E-state index contributed by atoms with van der Waals surface area (Å²) in [6.45, 7) is 5.63. The molecule has 1 fully saturated rings. The van der Waals surface area contributed by atoms with Crippen molar-refractivity contribution in [2.24, 2.45) is 0 Å². The zero-order valence-electron chi connectivity index (χ0n) is 15.3. The lowest BCUT2D eigenvalue weighted by atomic mass is 10.1. The second-order valence-electron chi connectivity index (χ2n) is 6.42. The second-order valence-corrected chi connectivity index (χ2v) is 7.49. The average molecular weight is 406 g/mol. The van der Waals surface area contributed by atoms with Crippen molar-refractivity contribution in [3.63, 3.8) is 0 Å². The molecule has 0 atom stereocenters. The van der Waals surface area contributed by atoms with E-state index in [9.17, 15) is 18.0 Å². The third-order valence-corrected chi connectivity index (χ3v) is 5.65. The first-order chi connectivity index (χ1) is 13.4. The lowest BCUT2D eigenvalue weighted by molar-refractivity contribution is -0.137. The number of halogens is 3. The molecule has 0 aliphatic carbocycles. The largest absolute Gasteiger partial charge is 0.416 e. The fourth-order valence-corrected chi connectivity index (χ4v) is 3.92. The van der Waals surface area contributed by atoms with Gasteiger partial charge >= 0.3 is 6.18 Å². The number of piperazine rings is 1. The van der Waals surface area contributed by atoms with E-state index in [2.05, 4.69) is 6.58 Å². The van der Waals surface area contributed by atoms with Gasteiger partial charge in [0.25, 0.3) is 5.91 Å². The number of carbonyl (C=O) groups is 1. The average Bonchev–Trinajstić information content (AvgIpc) is 2.71. The highest BCUT2D eigenvalue weighted by atomic mass is 32.2. The number of amides is 1. The molecule has 0 radical (unpaired) electrons. The summed E-state index contributed by atoms with van der Waals surface area (Å²) in [7, 11) is 0. The summed E-state index contributed by atoms with van der Waals surface area (Å²) >= 11 is 1.56. The van der Waals surface area contributed by atoms with Gasteiger partial charge in [0.05, 0.1) is 11.1 Å². The van der Waals surface area contributed by atoms with Gasteiger partial charge in [-0.1, -0.05) is 24.3 Å². The lowest BCUT2D eigenvalue weighted by Crippen LogP contribution is -2.49. The Hall–Kier alpha value is -2.41. The van der Waals surface area contributed by atoms with E-state index < -0.39 is 11.7 Å². The first-order valence-corrected chi connectivity index (χ1v) is 9.93. The molecule has 1 heterocycles. The molecule has 1 saturated heterocycles. The predicted octanol–water partition coefficient (Wildman–Crippen LogP) is 4.95. The Morgan fingerprint density at radius 3 is 2.46 bits per heavy atom. The van der Waals surface area contributed by atoms with Crippen LogP contribution in [0.15, 0.2) is 66.1 Å². The van der Waals surface area contributed by atoms with Crippen molar-refractivity contribution < 1.29 is 18.0 Å². The minimum absolute atomic E-state index is 0.0455. The molecule has 148 valence electrons. The van der Waals surface area contributed by atoms with E-state index in [-0.39, 0.29) is 5.91 Å². The second kappa shape index (κ2) is 8.73. The van der Waals surface area contributed by atoms with Gasteiger partial charge in [0, 0.05) is 42.5 Å². The van der Waals surface area contributed by atoms with Gasteiger partial charge < -0.3 is 9.80 Å². The van der Waals surface area contributed by atoms with E-state index in [1.807, 2.05) is 29.2 Å². The van der Waals surface area contributed by atoms with Gasteiger partial charge in [-0.2, -0.15) is 13.2 Å². The van der Waals surface area contributed by atoms with Crippen LogP contribution < -0.4 is 4.90 Å². The summed E-state index contributed by atoms with van der Waals surface area (Å²) < 4.78 is 38.8. The van der Waals surface area contributed by atoms with Gasteiger partial charge in [0.15, 0.2) is 0 Å². The van der Waals surface area contributed by atoms with Crippen LogP contribution in [0.3, 0.4) is 0 Å². The van der Waals surface area contributed by atoms with Crippen molar-refractivity contribution in [2.45, 2.75) is 11.1 Å². The molecule has 2 aromatic rings. The molecule has 0 aromatic heterocycles. The van der Waals surface area contributed by atoms with Crippen LogP contribution in [0.4, 0.5) is 18.9 Å². The predicted molar refractivity (Wildman–Crippen MR) is 107 cm³/mol. The van der Waals surface area contributed by atoms with E-state index in [0.717, 1.165) is 11.0 Å². The van der Waals surface area contributed by atoms with Gasteiger partial charge in [-0.3, -0.25) is 4.79 Å². The van der Waals surface area contributed by atoms with E-state index >= 15 is 0 Å². The van der Waals surface area contributed by atoms with Crippen molar-refractivity contribution >= 4 is 23.4 Å². The first-order valence-electron chi connectivity index (χ1n) is 8.94. The number of rotatable bonds is 5. The monoisotopic (exact) mass is 406 g/mol. The Bertz CT molecular complexity index is 846. The minimum atomic E-state index is -4.36. The fourth-order valence-electron chi connectivity index (χ4n) is 3.13. The number of hydrogen-bond acceptors (Lipinski definition) is 3. The molecular weight excluding hydrogens is 385 g/mol. The molecule has 2 aromatic carbocycles. The van der Waals surface area contributed by atoms with E-state index in [1.54, 1.807) is 28.8 Å². The molecular formula is C21H21F3N2OS. The standard InChI is InChI=1S/C21H21F3N2OS/c1-2-14-28-19-9-4-3-8-18(19)20(27)26-12-10-25(11-13-26)17-7-5-6-16(15-17)21(22,23)24/h2-9,15H,1,10-14H2. The van der Waals surface area contributed by atoms with Crippen LogP contribution in [0.1, 0.15) is 15.9 Å². The third-order valence-electron chi connectivity index (χ3n) is 4.58. The summed E-state index contributed by atoms with van der Waals surface area (Å²) in [6.07, 6.45) is -2.57. The smallest absolute Gasteiger partial charge is 0.368 e. The van der Waals surface area contributed by atoms with Crippen LogP contribution >= 0.6 is 11.8 Å². The van der Waals surface area contributed by atoms with Crippen LogP contribution in [0.25, 0.3) is 0 Å². The van der Waals surface area contributed by atoms with Gasteiger partial charge in [0.1, 0.15) is 0 Å². The number of carbonyl (C=O) groups excluding carboxylic acids is 1. The maximum Gasteiger partial charge on any atom is 0.416 e. The van der Waals surface area contributed by atoms with Crippen LogP contribution in [0.5, 0.6) is 0 Å². The van der Waals surface area contributed by atoms with Crippen LogP contribution in [0.2, 0.25) is 0 Å². The maximum atomic E-state index is 12.9. The number of nitrogens with zero attached hydrogens (tertiary/aromatic N) is 2. The van der Waals surface area contributed by atoms with Crippen molar-refractivity contribution in [1.29, 1.82) is 0 Å². The van der Waals surface area contributed by atoms with Gasteiger partial charge in [-0.15, -0.1) is 18.3 Å². The van der Waals surface area contributed by atoms with Crippen molar-refractivity contribution in [3.05, 3.63) is 72.3 Å². The van der Waals surface area contributed by atoms with Crippen molar-refractivity contribution in [1.82, 2.24) is 4.90 Å². The molecule has 0 bridgehead atoms. The summed E-state index contributed by atoms with van der Waals surface area (Å²) in [5.41, 5.74) is 0.530. The van der Waals surface area contributed by atoms with Gasteiger partial charge in [0.2, 0.25) is 0 Å². The number of hydrogen-bond donors (Lipinski definition) is 0. The Morgan fingerprint density at radius 1 is 1.07 bits per heavy atom. The van der Waals surface area contributed by atoms with Crippen LogP contribution in [-0.4, -0.2) is 42.7 Å². The number of anilines is 1. The minimum Gasteiger partial charge on any atom is -0.368 e. The molecule has 1 aliphatic heterocycles. The SMILES string of the molecule is C=CCSc1ccccc1C(=O)N1CCN(c2cccc(C(F)(F)F)c2)CC1. The van der Waals surface area contributed by atoms with Crippen LogP contribution in [0, 0.1) is 0 Å².